The minimum Gasteiger partial charge on any atom is -0.457 e. The normalized spacial score (nSPS) is 12.3. The molecule has 2 heterocycles. The highest BCUT2D eigenvalue weighted by molar-refractivity contribution is 7.07. The molecule has 11 heteroatoms. The number of rotatable bonds is 12. The van der Waals surface area contributed by atoms with Gasteiger partial charge in [-0.3, -0.25) is 14.2 Å². The number of benzene rings is 1. The number of aromatic nitrogens is 2. The Kier molecular flexibility index (Phi) is 10.0. The van der Waals surface area contributed by atoms with Crippen LogP contribution >= 0.6 is 11.3 Å². The topological polar surface area (TPSA) is 132 Å². The molecule has 0 aliphatic rings. The molecule has 0 saturated carbocycles. The van der Waals surface area contributed by atoms with Crippen LogP contribution in [0.25, 0.3) is 22.7 Å². The molecule has 3 rings (SSSR count). The van der Waals surface area contributed by atoms with Gasteiger partial charge in [-0.1, -0.05) is 26.5 Å². The maximum atomic E-state index is 13.0. The molecule has 3 aromatic rings. The molecule has 0 atom stereocenters. The highest BCUT2D eigenvalue weighted by atomic mass is 32.1. The van der Waals surface area contributed by atoms with Crippen LogP contribution in [0.5, 0.6) is 0 Å². The third-order valence-electron chi connectivity index (χ3n) is 5.99. The summed E-state index contributed by atoms with van der Waals surface area (Å²) in [5.41, 5.74) is 1.44. The van der Waals surface area contributed by atoms with Crippen LogP contribution in [-0.4, -0.2) is 59.1 Å². The first-order valence-electron chi connectivity index (χ1n) is 12.4. The van der Waals surface area contributed by atoms with Gasteiger partial charge in [-0.15, -0.1) is 11.3 Å². The summed E-state index contributed by atoms with van der Waals surface area (Å²) in [5.74, 6) is -0.975. The Labute approximate surface area is 224 Å². The molecule has 1 amide bonds. The lowest BCUT2D eigenvalue weighted by molar-refractivity contribution is -0.135. The zero-order valence-electron chi connectivity index (χ0n) is 21.8. The van der Waals surface area contributed by atoms with E-state index in [-0.39, 0.29) is 34.9 Å². The maximum Gasteiger partial charge on any atom is 0.352 e. The number of nitriles is 1. The highest BCUT2D eigenvalue weighted by Crippen LogP contribution is 2.22. The number of nitrogens with zero attached hydrogens (tertiary/aromatic N) is 3. The van der Waals surface area contributed by atoms with Crippen LogP contribution in [0.1, 0.15) is 31.1 Å². The van der Waals surface area contributed by atoms with E-state index in [0.717, 1.165) is 41.9 Å². The second-order valence-corrected chi connectivity index (χ2v) is 9.26. The molecule has 0 radical (unpaired) electrons. The lowest BCUT2D eigenvalue weighted by Gasteiger charge is -2.17. The lowest BCUT2D eigenvalue weighted by Crippen LogP contribution is -2.34. The lowest BCUT2D eigenvalue weighted by atomic mass is 10.1. The Balaban J connectivity index is 1.89. The number of H-pyrrole nitrogens is 1. The summed E-state index contributed by atoms with van der Waals surface area (Å²) in [6.07, 6.45) is 4.62. The van der Waals surface area contributed by atoms with Crippen molar-refractivity contribution in [1.82, 2.24) is 19.8 Å². The molecule has 0 fully saturated rings. The Hall–Kier alpha value is -4.14. The first-order valence-corrected chi connectivity index (χ1v) is 13.2. The molecule has 200 valence electrons. The van der Waals surface area contributed by atoms with Gasteiger partial charge in [0, 0.05) is 48.6 Å². The third-order valence-corrected chi connectivity index (χ3v) is 7.12. The smallest absolute Gasteiger partial charge is 0.352 e. The number of nitrogens with one attached hydrogen (secondary N) is 3. The SMILES string of the molecule is C=CCOC(=O)/C(C#N)=c1\s/c(=C/Nc2ccc3[nH]cc(C(=O)NCCN(CC)CC)c3c2)c(=O)n1CC. The third kappa shape index (κ3) is 6.40. The van der Waals surface area contributed by atoms with Gasteiger partial charge in [-0.05, 0) is 38.2 Å². The number of aromatic amines is 1. The summed E-state index contributed by atoms with van der Waals surface area (Å²) in [5, 5.41) is 16.4. The van der Waals surface area contributed by atoms with Crippen molar-refractivity contribution >= 4 is 51.6 Å². The first-order chi connectivity index (χ1) is 18.4. The zero-order chi connectivity index (χ0) is 27.7. The summed E-state index contributed by atoms with van der Waals surface area (Å²) in [6, 6.07) is 7.35. The Morgan fingerprint density at radius 2 is 2.05 bits per heavy atom. The van der Waals surface area contributed by atoms with E-state index < -0.39 is 5.97 Å². The second kappa shape index (κ2) is 13.4. The standard InChI is InChI=1S/C27H32N6O4S/c1-5-13-37-27(36)20(15-28)26-33(8-4)25(35)23(38-26)17-30-18-9-10-22-19(14-18)21(16-31-22)24(34)29-11-12-32(6-2)7-3/h5,9-10,14,16-17,30-31H,1,6-8,11-13H2,2-4H3,(H,29,34)/b23-17+,26-20-. The molecule has 0 unspecified atom stereocenters. The fourth-order valence-corrected chi connectivity index (χ4v) is 4.97. The van der Waals surface area contributed by atoms with Gasteiger partial charge in [0.25, 0.3) is 11.5 Å². The van der Waals surface area contributed by atoms with Crippen LogP contribution < -0.4 is 25.4 Å². The van der Waals surface area contributed by atoms with Gasteiger partial charge in [0.2, 0.25) is 0 Å². The van der Waals surface area contributed by atoms with Crippen molar-refractivity contribution in [2.45, 2.75) is 27.3 Å². The molecule has 0 saturated heterocycles. The van der Waals surface area contributed by atoms with E-state index in [4.69, 9.17) is 4.74 Å². The molecule has 10 nitrogen and oxygen atoms in total. The number of esters is 1. The van der Waals surface area contributed by atoms with Gasteiger partial charge in [0.05, 0.1) is 5.56 Å². The average Bonchev–Trinajstić information content (AvgIpc) is 3.49. The molecule has 3 N–H and O–H groups in total. The van der Waals surface area contributed by atoms with Crippen LogP contribution in [0.2, 0.25) is 0 Å². The van der Waals surface area contributed by atoms with E-state index in [2.05, 4.69) is 40.9 Å². The highest BCUT2D eigenvalue weighted by Gasteiger charge is 2.17. The van der Waals surface area contributed by atoms with Crippen molar-refractivity contribution in [3.05, 3.63) is 62.2 Å². The van der Waals surface area contributed by atoms with E-state index in [9.17, 15) is 19.6 Å². The van der Waals surface area contributed by atoms with E-state index in [1.54, 1.807) is 13.1 Å². The number of carbonyl (C=O) groups is 2. The summed E-state index contributed by atoms with van der Waals surface area (Å²) in [6.45, 7) is 12.8. The molecule has 0 aliphatic heterocycles. The van der Waals surface area contributed by atoms with Crippen molar-refractivity contribution < 1.29 is 14.3 Å². The predicted molar refractivity (Wildman–Crippen MR) is 150 cm³/mol. The van der Waals surface area contributed by atoms with Crippen LogP contribution in [0.4, 0.5) is 5.69 Å². The van der Waals surface area contributed by atoms with E-state index in [0.29, 0.717) is 22.3 Å². The number of anilines is 1. The van der Waals surface area contributed by atoms with Gasteiger partial charge in [-0.25, -0.2) is 4.79 Å². The summed E-state index contributed by atoms with van der Waals surface area (Å²) in [4.78, 5) is 43.4. The Morgan fingerprint density at radius 3 is 2.71 bits per heavy atom. The fourth-order valence-electron chi connectivity index (χ4n) is 3.89. The Bertz CT molecular complexity index is 1540. The number of hydrogen-bond donors (Lipinski definition) is 3. The summed E-state index contributed by atoms with van der Waals surface area (Å²) in [7, 11) is 0. The predicted octanol–water partition coefficient (Wildman–Crippen LogP) is 1.74. The largest absolute Gasteiger partial charge is 0.457 e. The van der Waals surface area contributed by atoms with Gasteiger partial charge in [-0.2, -0.15) is 5.26 Å². The number of thiazole rings is 1. The van der Waals surface area contributed by atoms with Gasteiger partial charge >= 0.3 is 5.97 Å². The number of hydrogen-bond acceptors (Lipinski definition) is 8. The molecule has 1 aromatic carbocycles. The second-order valence-electron chi connectivity index (χ2n) is 8.23. The Morgan fingerprint density at radius 1 is 1.29 bits per heavy atom. The van der Waals surface area contributed by atoms with Crippen molar-refractivity contribution in [2.75, 3.05) is 38.1 Å². The number of carbonyl (C=O) groups excluding carboxylic acids is 2. The monoisotopic (exact) mass is 536 g/mol. The molecule has 2 aromatic heterocycles. The number of ether oxygens (including phenoxy) is 1. The molecule has 38 heavy (non-hydrogen) atoms. The minimum absolute atomic E-state index is 0.0378. The van der Waals surface area contributed by atoms with Crippen LogP contribution in [0, 0.1) is 11.3 Å². The van der Waals surface area contributed by atoms with E-state index >= 15 is 0 Å². The minimum atomic E-state index is -0.809. The first kappa shape index (κ1) is 28.4. The maximum absolute atomic E-state index is 13.0. The summed E-state index contributed by atoms with van der Waals surface area (Å²) >= 11 is 1.02. The molecule has 0 aliphatic carbocycles. The fraction of sp³-hybridized carbons (Fsp3) is 0.333. The van der Waals surface area contributed by atoms with Crippen molar-refractivity contribution in [3.63, 3.8) is 0 Å². The average molecular weight is 537 g/mol. The molecular formula is C27H32N6O4S. The van der Waals surface area contributed by atoms with Crippen LogP contribution in [0.15, 0.2) is 41.8 Å². The van der Waals surface area contributed by atoms with Crippen LogP contribution in [0.3, 0.4) is 0 Å². The summed E-state index contributed by atoms with van der Waals surface area (Å²) < 4.78 is 6.90. The number of fused-ring (bicyclic) bond motifs is 1. The van der Waals surface area contributed by atoms with E-state index in [1.807, 2.05) is 24.3 Å². The number of likely N-dealkylation sites (N-methyl/N-ethyl adjacent to an activating group) is 1. The van der Waals surface area contributed by atoms with Gasteiger partial charge in [0.15, 0.2) is 5.57 Å². The van der Waals surface area contributed by atoms with Crippen molar-refractivity contribution in [1.29, 1.82) is 5.26 Å². The van der Waals surface area contributed by atoms with Gasteiger partial charge in [0.1, 0.15) is 21.9 Å². The van der Waals surface area contributed by atoms with Crippen LogP contribution in [-0.2, 0) is 16.1 Å². The van der Waals surface area contributed by atoms with E-state index in [1.165, 1.54) is 16.8 Å². The molecular weight excluding hydrogens is 504 g/mol. The van der Waals surface area contributed by atoms with Crippen molar-refractivity contribution in [2.24, 2.45) is 0 Å². The molecule has 0 bridgehead atoms. The number of amides is 1. The quantitative estimate of drug-likeness (QED) is 0.237. The van der Waals surface area contributed by atoms with Gasteiger partial charge < -0.3 is 25.3 Å². The molecule has 0 spiro atoms. The van der Waals surface area contributed by atoms with Crippen molar-refractivity contribution in [3.8, 4) is 6.07 Å². The zero-order valence-corrected chi connectivity index (χ0v) is 22.6.